The SMILES string of the molecule is CCOC(=O)C(Nc1ccc(Cl)cc1)c1cncs1. The number of nitrogens with one attached hydrogen (secondary N) is 1. The molecule has 100 valence electrons. The molecule has 0 spiro atoms. The van der Waals surface area contributed by atoms with E-state index in [-0.39, 0.29) is 5.97 Å². The van der Waals surface area contributed by atoms with Crippen LogP contribution in [0.25, 0.3) is 0 Å². The quantitative estimate of drug-likeness (QED) is 0.858. The highest BCUT2D eigenvalue weighted by Crippen LogP contribution is 2.24. The predicted molar refractivity (Wildman–Crippen MR) is 76.6 cm³/mol. The molecule has 0 saturated carbocycles. The second-order valence-corrected chi connectivity index (χ2v) is 5.09. The largest absolute Gasteiger partial charge is 0.464 e. The highest BCUT2D eigenvalue weighted by molar-refractivity contribution is 7.09. The van der Waals surface area contributed by atoms with Crippen LogP contribution >= 0.6 is 22.9 Å². The first-order valence-corrected chi connectivity index (χ1v) is 7.03. The van der Waals surface area contributed by atoms with E-state index in [0.717, 1.165) is 10.6 Å². The fourth-order valence-electron chi connectivity index (χ4n) is 1.55. The summed E-state index contributed by atoms with van der Waals surface area (Å²) in [7, 11) is 0. The Bertz CT molecular complexity index is 528. The predicted octanol–water partition coefficient (Wildman–Crippen LogP) is 3.51. The maximum atomic E-state index is 12.0. The van der Waals surface area contributed by atoms with E-state index >= 15 is 0 Å². The lowest BCUT2D eigenvalue weighted by molar-refractivity contribution is -0.144. The molecule has 0 bridgehead atoms. The molecule has 2 aromatic rings. The number of carbonyl (C=O) groups excluding carboxylic acids is 1. The van der Waals surface area contributed by atoms with Crippen molar-refractivity contribution in [2.24, 2.45) is 0 Å². The second kappa shape index (κ2) is 6.54. The van der Waals surface area contributed by atoms with Gasteiger partial charge >= 0.3 is 5.97 Å². The van der Waals surface area contributed by atoms with Gasteiger partial charge in [-0.05, 0) is 31.2 Å². The van der Waals surface area contributed by atoms with E-state index in [1.54, 1.807) is 30.8 Å². The van der Waals surface area contributed by atoms with Crippen molar-refractivity contribution in [3.63, 3.8) is 0 Å². The van der Waals surface area contributed by atoms with Crippen LogP contribution in [0, 0.1) is 0 Å². The number of aromatic nitrogens is 1. The standard InChI is InChI=1S/C13H13ClN2O2S/c1-2-18-13(17)12(11-7-15-8-19-11)16-10-5-3-9(14)4-6-10/h3-8,12,16H,2H2,1H3. The number of rotatable bonds is 5. The van der Waals surface area contributed by atoms with Gasteiger partial charge in [0.2, 0.25) is 0 Å². The highest BCUT2D eigenvalue weighted by Gasteiger charge is 2.23. The number of thiazole rings is 1. The molecule has 0 aliphatic heterocycles. The number of ether oxygens (including phenoxy) is 1. The lowest BCUT2D eigenvalue weighted by Gasteiger charge is -2.16. The average Bonchev–Trinajstić information content (AvgIpc) is 2.92. The number of hydrogen-bond acceptors (Lipinski definition) is 5. The number of hydrogen-bond donors (Lipinski definition) is 1. The molecular weight excluding hydrogens is 284 g/mol. The van der Waals surface area contributed by atoms with Crippen molar-refractivity contribution in [3.05, 3.63) is 45.9 Å². The lowest BCUT2D eigenvalue weighted by Crippen LogP contribution is -2.22. The van der Waals surface area contributed by atoms with Crippen LogP contribution in [0.3, 0.4) is 0 Å². The molecule has 0 saturated heterocycles. The second-order valence-electron chi connectivity index (χ2n) is 3.74. The number of halogens is 1. The summed E-state index contributed by atoms with van der Waals surface area (Å²) >= 11 is 7.24. The van der Waals surface area contributed by atoms with Crippen LogP contribution in [-0.2, 0) is 9.53 Å². The molecule has 1 heterocycles. The molecule has 1 atom stereocenters. The summed E-state index contributed by atoms with van der Waals surface area (Å²) < 4.78 is 5.08. The Hall–Kier alpha value is -1.59. The molecule has 19 heavy (non-hydrogen) atoms. The third-order valence-corrected chi connectivity index (χ3v) is 3.51. The molecule has 1 aromatic heterocycles. The minimum atomic E-state index is -0.548. The van der Waals surface area contributed by atoms with Gasteiger partial charge in [0.25, 0.3) is 0 Å². The molecule has 6 heteroatoms. The van der Waals surface area contributed by atoms with Crippen LogP contribution in [0.5, 0.6) is 0 Å². The molecule has 1 aromatic carbocycles. The number of esters is 1. The number of anilines is 1. The molecule has 0 aliphatic rings. The third kappa shape index (κ3) is 3.68. The van der Waals surface area contributed by atoms with Crippen LogP contribution in [0.1, 0.15) is 17.8 Å². The number of benzene rings is 1. The van der Waals surface area contributed by atoms with Crippen LogP contribution in [0.2, 0.25) is 5.02 Å². The van der Waals surface area contributed by atoms with Gasteiger partial charge in [0.15, 0.2) is 6.04 Å². The fraction of sp³-hybridized carbons (Fsp3) is 0.231. The van der Waals surface area contributed by atoms with E-state index in [2.05, 4.69) is 10.3 Å². The zero-order valence-electron chi connectivity index (χ0n) is 10.3. The molecule has 0 aliphatic carbocycles. The Kier molecular flexibility index (Phi) is 4.76. The summed E-state index contributed by atoms with van der Waals surface area (Å²) in [6.45, 7) is 2.13. The zero-order valence-corrected chi connectivity index (χ0v) is 11.9. The van der Waals surface area contributed by atoms with Gasteiger partial charge in [-0.1, -0.05) is 11.6 Å². The zero-order chi connectivity index (χ0) is 13.7. The van der Waals surface area contributed by atoms with Crippen LogP contribution in [0.15, 0.2) is 36.0 Å². The monoisotopic (exact) mass is 296 g/mol. The summed E-state index contributed by atoms with van der Waals surface area (Å²) in [5.74, 6) is -0.318. The van der Waals surface area contributed by atoms with Gasteiger partial charge in [-0.3, -0.25) is 4.98 Å². The van der Waals surface area contributed by atoms with E-state index < -0.39 is 6.04 Å². The third-order valence-electron chi connectivity index (χ3n) is 2.41. The van der Waals surface area contributed by atoms with Crippen LogP contribution < -0.4 is 5.32 Å². The normalized spacial score (nSPS) is 11.9. The van der Waals surface area contributed by atoms with Gasteiger partial charge in [-0.15, -0.1) is 11.3 Å². The smallest absolute Gasteiger partial charge is 0.334 e. The van der Waals surface area contributed by atoms with E-state index in [9.17, 15) is 4.79 Å². The van der Waals surface area contributed by atoms with Crippen molar-refractivity contribution in [2.75, 3.05) is 11.9 Å². The van der Waals surface area contributed by atoms with Gasteiger partial charge < -0.3 is 10.1 Å². The first-order valence-electron chi connectivity index (χ1n) is 5.78. The maximum absolute atomic E-state index is 12.0. The Morgan fingerprint density at radius 3 is 2.79 bits per heavy atom. The fourth-order valence-corrected chi connectivity index (χ4v) is 2.34. The lowest BCUT2D eigenvalue weighted by atomic mass is 10.2. The molecule has 0 fully saturated rings. The summed E-state index contributed by atoms with van der Waals surface area (Å²) in [5.41, 5.74) is 2.49. The average molecular weight is 297 g/mol. The molecule has 2 rings (SSSR count). The summed E-state index contributed by atoms with van der Waals surface area (Å²) in [6, 6.07) is 6.61. The molecular formula is C13H13ClN2O2S. The Morgan fingerprint density at radius 2 is 2.21 bits per heavy atom. The molecule has 4 nitrogen and oxygen atoms in total. The molecule has 0 radical (unpaired) electrons. The van der Waals surface area contributed by atoms with E-state index in [4.69, 9.17) is 16.3 Å². The maximum Gasteiger partial charge on any atom is 0.334 e. The van der Waals surface area contributed by atoms with Gasteiger partial charge in [0.05, 0.1) is 17.0 Å². The van der Waals surface area contributed by atoms with Gasteiger partial charge in [0, 0.05) is 16.9 Å². The summed E-state index contributed by atoms with van der Waals surface area (Å²) in [6.07, 6.45) is 1.66. The van der Waals surface area contributed by atoms with Crippen LogP contribution in [-0.4, -0.2) is 17.6 Å². The highest BCUT2D eigenvalue weighted by atomic mass is 35.5. The minimum Gasteiger partial charge on any atom is -0.464 e. The van der Waals surface area contributed by atoms with E-state index in [1.165, 1.54) is 11.3 Å². The molecule has 0 amide bonds. The van der Waals surface area contributed by atoms with Crippen molar-refractivity contribution < 1.29 is 9.53 Å². The van der Waals surface area contributed by atoms with Crippen molar-refractivity contribution in [1.29, 1.82) is 0 Å². The Morgan fingerprint density at radius 1 is 1.47 bits per heavy atom. The topological polar surface area (TPSA) is 51.2 Å². The summed E-state index contributed by atoms with van der Waals surface area (Å²) in [5, 5.41) is 3.78. The Balaban J connectivity index is 2.18. The molecule has 1 N–H and O–H groups in total. The van der Waals surface area contributed by atoms with Gasteiger partial charge in [0.1, 0.15) is 0 Å². The van der Waals surface area contributed by atoms with Crippen molar-refractivity contribution in [1.82, 2.24) is 4.98 Å². The van der Waals surface area contributed by atoms with Crippen molar-refractivity contribution in [2.45, 2.75) is 13.0 Å². The van der Waals surface area contributed by atoms with Crippen LogP contribution in [0.4, 0.5) is 5.69 Å². The number of nitrogens with zero attached hydrogens (tertiary/aromatic N) is 1. The van der Waals surface area contributed by atoms with E-state index in [0.29, 0.717) is 11.6 Å². The van der Waals surface area contributed by atoms with E-state index in [1.807, 2.05) is 12.1 Å². The van der Waals surface area contributed by atoms with Gasteiger partial charge in [-0.2, -0.15) is 0 Å². The molecule has 1 unspecified atom stereocenters. The summed E-state index contributed by atoms with van der Waals surface area (Å²) in [4.78, 5) is 16.8. The first-order chi connectivity index (χ1) is 9.20. The first kappa shape index (κ1) is 13.8. The minimum absolute atomic E-state index is 0.318. The van der Waals surface area contributed by atoms with Crippen molar-refractivity contribution >= 4 is 34.6 Å². The van der Waals surface area contributed by atoms with Crippen molar-refractivity contribution in [3.8, 4) is 0 Å². The van der Waals surface area contributed by atoms with Gasteiger partial charge in [-0.25, -0.2) is 4.79 Å². The number of carbonyl (C=O) groups is 1. The Labute approximate surface area is 120 Å².